The third kappa shape index (κ3) is 2.44. The first-order valence-electron chi connectivity index (χ1n) is 5.71. The second-order valence-corrected chi connectivity index (χ2v) is 4.93. The van der Waals surface area contributed by atoms with Crippen molar-refractivity contribution in [2.45, 2.75) is 57.5 Å². The zero-order valence-corrected chi connectivity index (χ0v) is 8.68. The Morgan fingerprint density at radius 2 is 1.71 bits per heavy atom. The number of halogens is 2. The average Bonchev–Trinajstić information content (AvgIpc) is 2.82. The van der Waals surface area contributed by atoms with Crippen molar-refractivity contribution in [3.63, 3.8) is 0 Å². The van der Waals surface area contributed by atoms with E-state index in [0.29, 0.717) is 24.9 Å². The monoisotopic (exact) mass is 203 g/mol. The molecule has 2 atom stereocenters. The second-order valence-electron chi connectivity index (χ2n) is 4.93. The first kappa shape index (κ1) is 10.3. The Bertz CT molecular complexity index is 188. The molecule has 0 saturated heterocycles. The zero-order chi connectivity index (χ0) is 10.1. The van der Waals surface area contributed by atoms with E-state index in [2.05, 4.69) is 12.2 Å². The minimum absolute atomic E-state index is 0.329. The number of hydrogen-bond donors (Lipinski definition) is 1. The van der Waals surface area contributed by atoms with Gasteiger partial charge in [-0.05, 0) is 38.0 Å². The first-order valence-corrected chi connectivity index (χ1v) is 5.71. The summed E-state index contributed by atoms with van der Waals surface area (Å²) in [7, 11) is 0. The lowest BCUT2D eigenvalue weighted by Gasteiger charge is -2.28. The van der Waals surface area contributed by atoms with Gasteiger partial charge in [0, 0.05) is 18.0 Å². The van der Waals surface area contributed by atoms with E-state index in [9.17, 15) is 8.78 Å². The molecule has 0 amide bonds. The van der Waals surface area contributed by atoms with Crippen molar-refractivity contribution in [1.82, 2.24) is 5.32 Å². The predicted molar refractivity (Wildman–Crippen MR) is 52.5 cm³/mol. The van der Waals surface area contributed by atoms with Gasteiger partial charge in [-0.25, -0.2) is 8.78 Å². The van der Waals surface area contributed by atoms with E-state index >= 15 is 0 Å². The lowest BCUT2D eigenvalue weighted by atomic mass is 9.86. The van der Waals surface area contributed by atoms with E-state index in [1.54, 1.807) is 0 Å². The lowest BCUT2D eigenvalue weighted by Crippen LogP contribution is -2.36. The molecule has 2 rings (SSSR count). The van der Waals surface area contributed by atoms with Gasteiger partial charge < -0.3 is 5.32 Å². The van der Waals surface area contributed by atoms with Gasteiger partial charge in [-0.1, -0.05) is 6.92 Å². The summed E-state index contributed by atoms with van der Waals surface area (Å²) in [5, 5.41) is 3.56. The highest BCUT2D eigenvalue weighted by Crippen LogP contribution is 2.34. The molecule has 2 fully saturated rings. The summed E-state index contributed by atoms with van der Waals surface area (Å²) < 4.78 is 24.7. The topological polar surface area (TPSA) is 12.0 Å². The highest BCUT2D eigenvalue weighted by Gasteiger charge is 2.35. The number of hydrogen-bond acceptors (Lipinski definition) is 1. The fourth-order valence-electron chi connectivity index (χ4n) is 2.39. The molecule has 14 heavy (non-hydrogen) atoms. The van der Waals surface area contributed by atoms with Gasteiger partial charge in [0.2, 0.25) is 6.43 Å². The van der Waals surface area contributed by atoms with Gasteiger partial charge >= 0.3 is 0 Å². The molecular formula is C11H19F2N. The third-order valence-corrected chi connectivity index (χ3v) is 3.69. The SMILES string of the molecule is CC1CC1NC1CCC(C(F)F)CC1. The van der Waals surface area contributed by atoms with Crippen LogP contribution in [0.1, 0.15) is 39.0 Å². The smallest absolute Gasteiger partial charge is 0.241 e. The van der Waals surface area contributed by atoms with E-state index in [0.717, 1.165) is 18.8 Å². The normalized spacial score (nSPS) is 42.9. The van der Waals surface area contributed by atoms with E-state index in [1.165, 1.54) is 6.42 Å². The van der Waals surface area contributed by atoms with Gasteiger partial charge in [0.1, 0.15) is 0 Å². The Balaban J connectivity index is 1.68. The summed E-state index contributed by atoms with van der Waals surface area (Å²) >= 11 is 0. The van der Waals surface area contributed by atoms with E-state index in [1.807, 2.05) is 0 Å². The van der Waals surface area contributed by atoms with Crippen LogP contribution >= 0.6 is 0 Å². The van der Waals surface area contributed by atoms with Crippen LogP contribution in [0.15, 0.2) is 0 Å². The molecule has 0 heterocycles. The van der Waals surface area contributed by atoms with Crippen molar-refractivity contribution in [1.29, 1.82) is 0 Å². The molecule has 82 valence electrons. The Hall–Kier alpha value is -0.180. The van der Waals surface area contributed by atoms with Crippen molar-refractivity contribution < 1.29 is 8.78 Å². The number of rotatable bonds is 3. The molecule has 0 aromatic carbocycles. The maximum Gasteiger partial charge on any atom is 0.241 e. The molecule has 0 bridgehead atoms. The zero-order valence-electron chi connectivity index (χ0n) is 8.68. The van der Waals surface area contributed by atoms with Gasteiger partial charge in [-0.2, -0.15) is 0 Å². The van der Waals surface area contributed by atoms with Crippen LogP contribution in [0.3, 0.4) is 0 Å². The largest absolute Gasteiger partial charge is 0.311 e. The molecule has 1 nitrogen and oxygen atoms in total. The summed E-state index contributed by atoms with van der Waals surface area (Å²) in [4.78, 5) is 0. The average molecular weight is 203 g/mol. The van der Waals surface area contributed by atoms with Crippen LogP contribution in [0.2, 0.25) is 0 Å². The van der Waals surface area contributed by atoms with Gasteiger partial charge in [-0.15, -0.1) is 0 Å². The van der Waals surface area contributed by atoms with E-state index in [4.69, 9.17) is 0 Å². The Morgan fingerprint density at radius 1 is 1.14 bits per heavy atom. The van der Waals surface area contributed by atoms with Crippen molar-refractivity contribution in [3.05, 3.63) is 0 Å². The lowest BCUT2D eigenvalue weighted by molar-refractivity contribution is 0.0505. The fourth-order valence-corrected chi connectivity index (χ4v) is 2.39. The molecule has 2 saturated carbocycles. The third-order valence-electron chi connectivity index (χ3n) is 3.69. The standard InChI is InChI=1S/C11H19F2N/c1-7-6-10(7)14-9-4-2-8(3-5-9)11(12)13/h7-11,14H,2-6H2,1H3. The molecule has 2 aliphatic carbocycles. The number of nitrogens with one attached hydrogen (secondary N) is 1. The molecule has 0 radical (unpaired) electrons. The van der Waals surface area contributed by atoms with Gasteiger partial charge in [0.05, 0.1) is 0 Å². The number of alkyl halides is 2. The Morgan fingerprint density at radius 3 is 2.14 bits per heavy atom. The first-order chi connectivity index (χ1) is 6.66. The molecule has 0 aromatic rings. The predicted octanol–water partition coefficient (Wildman–Crippen LogP) is 2.81. The molecule has 2 aliphatic rings. The molecule has 0 aromatic heterocycles. The molecule has 1 N–H and O–H groups in total. The fraction of sp³-hybridized carbons (Fsp3) is 1.00. The van der Waals surface area contributed by atoms with Crippen LogP contribution in [-0.4, -0.2) is 18.5 Å². The Labute approximate surface area is 84.3 Å². The molecule has 3 heteroatoms. The molecule has 0 aliphatic heterocycles. The molecular weight excluding hydrogens is 184 g/mol. The van der Waals surface area contributed by atoms with Gasteiger partial charge in [0.25, 0.3) is 0 Å². The van der Waals surface area contributed by atoms with Crippen LogP contribution in [0, 0.1) is 11.8 Å². The van der Waals surface area contributed by atoms with Gasteiger partial charge in [0.15, 0.2) is 0 Å². The van der Waals surface area contributed by atoms with Gasteiger partial charge in [-0.3, -0.25) is 0 Å². The second kappa shape index (κ2) is 4.13. The molecule has 2 unspecified atom stereocenters. The van der Waals surface area contributed by atoms with Crippen LogP contribution in [0.5, 0.6) is 0 Å². The summed E-state index contributed by atoms with van der Waals surface area (Å²) in [6, 6.07) is 1.20. The highest BCUT2D eigenvalue weighted by molar-refractivity contribution is 4.93. The quantitative estimate of drug-likeness (QED) is 0.743. The molecule has 0 spiro atoms. The van der Waals surface area contributed by atoms with Crippen LogP contribution in [-0.2, 0) is 0 Å². The Kier molecular flexibility index (Phi) is 3.05. The minimum atomic E-state index is -2.10. The van der Waals surface area contributed by atoms with Crippen molar-refractivity contribution >= 4 is 0 Å². The summed E-state index contributed by atoms with van der Waals surface area (Å²) in [5.74, 6) is 0.479. The van der Waals surface area contributed by atoms with Crippen LogP contribution in [0.25, 0.3) is 0 Å². The summed E-state index contributed by atoms with van der Waals surface area (Å²) in [6.07, 6.45) is 2.47. The van der Waals surface area contributed by atoms with Crippen molar-refractivity contribution in [3.8, 4) is 0 Å². The van der Waals surface area contributed by atoms with Crippen LogP contribution in [0.4, 0.5) is 8.78 Å². The summed E-state index contributed by atoms with van der Waals surface area (Å²) in [6.45, 7) is 2.24. The maximum absolute atomic E-state index is 12.4. The highest BCUT2D eigenvalue weighted by atomic mass is 19.3. The van der Waals surface area contributed by atoms with E-state index in [-0.39, 0.29) is 5.92 Å². The minimum Gasteiger partial charge on any atom is -0.311 e. The summed E-state index contributed by atoms with van der Waals surface area (Å²) in [5.41, 5.74) is 0. The van der Waals surface area contributed by atoms with Crippen molar-refractivity contribution in [2.75, 3.05) is 0 Å². The van der Waals surface area contributed by atoms with E-state index < -0.39 is 6.43 Å². The van der Waals surface area contributed by atoms with Crippen LogP contribution < -0.4 is 5.32 Å². The van der Waals surface area contributed by atoms with Crippen molar-refractivity contribution in [2.24, 2.45) is 11.8 Å². The maximum atomic E-state index is 12.4.